The second kappa shape index (κ2) is 6.25. The van der Waals surface area contributed by atoms with Crippen molar-refractivity contribution in [2.24, 2.45) is 0 Å². The zero-order chi connectivity index (χ0) is 13.0. The van der Waals surface area contributed by atoms with Gasteiger partial charge in [-0.15, -0.1) is 0 Å². The molecule has 1 heterocycles. The predicted octanol–water partition coefficient (Wildman–Crippen LogP) is 2.32. The molecule has 1 unspecified atom stereocenters. The highest BCUT2D eigenvalue weighted by molar-refractivity contribution is 7.99. The first-order chi connectivity index (χ1) is 8.69. The van der Waals surface area contributed by atoms with Crippen LogP contribution in [0.5, 0.6) is 5.75 Å². The first-order valence-electron chi connectivity index (χ1n) is 6.20. The van der Waals surface area contributed by atoms with Crippen molar-refractivity contribution in [3.8, 4) is 5.75 Å². The monoisotopic (exact) mass is 265 g/mol. The van der Waals surface area contributed by atoms with Crippen LogP contribution in [0.15, 0.2) is 24.3 Å². The molecule has 0 saturated carbocycles. The average Bonchev–Trinajstić information content (AvgIpc) is 2.39. The van der Waals surface area contributed by atoms with Crippen molar-refractivity contribution in [1.82, 2.24) is 4.90 Å². The zero-order valence-electron chi connectivity index (χ0n) is 10.9. The first kappa shape index (κ1) is 13.4. The average molecular weight is 265 g/mol. The molecule has 1 atom stereocenters. The molecular weight excluding hydrogens is 246 g/mol. The van der Waals surface area contributed by atoms with Crippen LogP contribution in [-0.2, 0) is 0 Å². The molecule has 4 heteroatoms. The summed E-state index contributed by atoms with van der Waals surface area (Å²) in [4.78, 5) is 14.4. The maximum atomic E-state index is 12.1. The lowest BCUT2D eigenvalue weighted by atomic mass is 10.1. The lowest BCUT2D eigenvalue weighted by Crippen LogP contribution is -2.39. The molecule has 0 aliphatic carbocycles. The number of nitrogens with zero attached hydrogens (tertiary/aromatic N) is 1. The third-order valence-corrected chi connectivity index (χ3v) is 4.24. The van der Waals surface area contributed by atoms with Crippen LogP contribution in [0.1, 0.15) is 17.3 Å². The van der Waals surface area contributed by atoms with Gasteiger partial charge in [-0.25, -0.2) is 0 Å². The molecule has 18 heavy (non-hydrogen) atoms. The molecule has 0 N–H and O–H groups in total. The van der Waals surface area contributed by atoms with Gasteiger partial charge < -0.3 is 4.74 Å². The van der Waals surface area contributed by atoms with Gasteiger partial charge in [-0.2, -0.15) is 11.8 Å². The quantitative estimate of drug-likeness (QED) is 0.781. The number of rotatable bonds is 4. The molecular formula is C14H19NO2S. The van der Waals surface area contributed by atoms with Crippen molar-refractivity contribution in [2.45, 2.75) is 12.2 Å². The maximum Gasteiger partial charge on any atom is 0.176 e. The molecule has 1 aliphatic heterocycles. The number of hydrogen-bond donors (Lipinski definition) is 0. The van der Waals surface area contributed by atoms with E-state index in [2.05, 4.69) is 11.8 Å². The molecule has 0 radical (unpaired) electrons. The topological polar surface area (TPSA) is 29.5 Å². The smallest absolute Gasteiger partial charge is 0.176 e. The predicted molar refractivity (Wildman–Crippen MR) is 75.7 cm³/mol. The van der Waals surface area contributed by atoms with Crippen LogP contribution in [0.4, 0.5) is 0 Å². The van der Waals surface area contributed by atoms with Crippen LogP contribution < -0.4 is 4.74 Å². The molecule has 0 bridgehead atoms. The number of Topliss-reactive ketones (excluding diaryl/α,β-unsaturated/α-hetero) is 1. The van der Waals surface area contributed by atoms with Gasteiger partial charge in [0.15, 0.2) is 5.78 Å². The fourth-order valence-corrected chi connectivity index (χ4v) is 3.19. The molecule has 1 aromatic rings. The van der Waals surface area contributed by atoms with E-state index in [9.17, 15) is 4.79 Å². The van der Waals surface area contributed by atoms with E-state index in [4.69, 9.17) is 4.74 Å². The van der Waals surface area contributed by atoms with E-state index < -0.39 is 0 Å². The van der Waals surface area contributed by atoms with Gasteiger partial charge in [0.2, 0.25) is 0 Å². The number of methoxy groups -OCH3 is 1. The number of ketones is 1. The van der Waals surface area contributed by atoms with E-state index in [1.807, 2.05) is 36.0 Å². The number of carbonyl (C=O) groups is 1. The Bertz CT molecular complexity index is 405. The van der Waals surface area contributed by atoms with E-state index in [1.54, 1.807) is 7.11 Å². The van der Waals surface area contributed by atoms with Crippen molar-refractivity contribution in [3.05, 3.63) is 29.8 Å². The van der Waals surface area contributed by atoms with Gasteiger partial charge in [-0.05, 0) is 24.3 Å². The largest absolute Gasteiger partial charge is 0.497 e. The van der Waals surface area contributed by atoms with Crippen LogP contribution in [0.3, 0.4) is 0 Å². The van der Waals surface area contributed by atoms with Gasteiger partial charge in [0.25, 0.3) is 0 Å². The van der Waals surface area contributed by atoms with Crippen molar-refractivity contribution >= 4 is 17.5 Å². The van der Waals surface area contributed by atoms with E-state index in [-0.39, 0.29) is 5.78 Å². The lowest BCUT2D eigenvalue weighted by Gasteiger charge is -2.29. The Morgan fingerprint density at radius 3 is 2.78 bits per heavy atom. The minimum Gasteiger partial charge on any atom is -0.497 e. The van der Waals surface area contributed by atoms with Crippen LogP contribution in [0.25, 0.3) is 0 Å². The molecule has 1 saturated heterocycles. The Kier molecular flexibility index (Phi) is 4.66. The summed E-state index contributed by atoms with van der Waals surface area (Å²) in [6.07, 6.45) is 0. The zero-order valence-corrected chi connectivity index (χ0v) is 11.7. The SMILES string of the molecule is COc1ccc(C(=O)CN2CCSC(C)C2)cc1. The third kappa shape index (κ3) is 3.50. The van der Waals surface area contributed by atoms with Crippen molar-refractivity contribution in [3.63, 3.8) is 0 Å². The highest BCUT2D eigenvalue weighted by atomic mass is 32.2. The Balaban J connectivity index is 1.94. The minimum absolute atomic E-state index is 0.191. The van der Waals surface area contributed by atoms with Crippen LogP contribution in [0, 0.1) is 0 Å². The van der Waals surface area contributed by atoms with E-state index in [0.717, 1.165) is 30.2 Å². The summed E-state index contributed by atoms with van der Waals surface area (Å²) >= 11 is 1.98. The van der Waals surface area contributed by atoms with Gasteiger partial charge in [0.05, 0.1) is 13.7 Å². The summed E-state index contributed by atoms with van der Waals surface area (Å²) in [7, 11) is 1.63. The van der Waals surface area contributed by atoms with Crippen LogP contribution in [0.2, 0.25) is 0 Å². The van der Waals surface area contributed by atoms with E-state index >= 15 is 0 Å². The number of hydrogen-bond acceptors (Lipinski definition) is 4. The minimum atomic E-state index is 0.191. The second-order valence-corrected chi connectivity index (χ2v) is 6.11. The molecule has 1 aromatic carbocycles. The molecule has 0 aromatic heterocycles. The van der Waals surface area contributed by atoms with Gasteiger partial charge in [-0.3, -0.25) is 9.69 Å². The lowest BCUT2D eigenvalue weighted by molar-refractivity contribution is 0.0934. The number of thioether (sulfide) groups is 1. The van der Waals surface area contributed by atoms with Gasteiger partial charge >= 0.3 is 0 Å². The third-order valence-electron chi connectivity index (χ3n) is 3.10. The molecule has 2 rings (SSSR count). The van der Waals surface area contributed by atoms with Gasteiger partial charge in [-0.1, -0.05) is 6.92 Å². The summed E-state index contributed by atoms with van der Waals surface area (Å²) in [5.41, 5.74) is 0.765. The van der Waals surface area contributed by atoms with Crippen LogP contribution in [-0.4, -0.2) is 48.4 Å². The van der Waals surface area contributed by atoms with Crippen molar-refractivity contribution < 1.29 is 9.53 Å². The molecule has 0 spiro atoms. The summed E-state index contributed by atoms with van der Waals surface area (Å²) < 4.78 is 5.09. The summed E-state index contributed by atoms with van der Waals surface area (Å²) in [5.74, 6) is 2.10. The van der Waals surface area contributed by atoms with Crippen molar-refractivity contribution in [1.29, 1.82) is 0 Å². The first-order valence-corrected chi connectivity index (χ1v) is 7.25. The molecule has 3 nitrogen and oxygen atoms in total. The second-order valence-electron chi connectivity index (χ2n) is 4.57. The molecule has 0 amide bonds. The van der Waals surface area contributed by atoms with E-state index in [1.165, 1.54) is 0 Å². The number of ether oxygens (including phenoxy) is 1. The fraction of sp³-hybridized carbons (Fsp3) is 0.500. The summed E-state index contributed by atoms with van der Waals surface area (Å²) in [6, 6.07) is 7.34. The Labute approximate surface area is 113 Å². The number of carbonyl (C=O) groups excluding carboxylic acids is 1. The standard InChI is InChI=1S/C14H19NO2S/c1-11-9-15(7-8-18-11)10-14(16)12-3-5-13(17-2)6-4-12/h3-6,11H,7-10H2,1-2H3. The maximum absolute atomic E-state index is 12.1. The summed E-state index contributed by atoms with van der Waals surface area (Å²) in [6.45, 7) is 4.76. The highest BCUT2D eigenvalue weighted by Crippen LogP contribution is 2.18. The normalized spacial score (nSPS) is 20.7. The molecule has 1 fully saturated rings. The van der Waals surface area contributed by atoms with E-state index in [0.29, 0.717) is 11.8 Å². The van der Waals surface area contributed by atoms with Gasteiger partial charge in [0.1, 0.15) is 5.75 Å². The van der Waals surface area contributed by atoms with Crippen molar-refractivity contribution in [2.75, 3.05) is 32.5 Å². The van der Waals surface area contributed by atoms with Crippen LogP contribution >= 0.6 is 11.8 Å². The summed E-state index contributed by atoms with van der Waals surface area (Å²) in [5, 5.41) is 0.627. The Morgan fingerprint density at radius 2 is 2.17 bits per heavy atom. The fourth-order valence-electron chi connectivity index (χ4n) is 2.11. The number of benzene rings is 1. The van der Waals surface area contributed by atoms with Gasteiger partial charge in [0, 0.05) is 29.7 Å². The molecule has 98 valence electrons. The molecule has 1 aliphatic rings. The highest BCUT2D eigenvalue weighted by Gasteiger charge is 2.19. The Morgan fingerprint density at radius 1 is 1.44 bits per heavy atom. The Hall–Kier alpha value is -1.00.